The fourth-order valence-electron chi connectivity index (χ4n) is 3.75. The van der Waals surface area contributed by atoms with Crippen LogP contribution in [0, 0.1) is 6.92 Å². The summed E-state index contributed by atoms with van der Waals surface area (Å²) in [5.41, 5.74) is -4.52. The van der Waals surface area contributed by atoms with E-state index in [1.54, 1.807) is 0 Å². The van der Waals surface area contributed by atoms with Crippen LogP contribution in [0.15, 0.2) is 54.6 Å². The van der Waals surface area contributed by atoms with E-state index in [2.05, 4.69) is 10.3 Å². The molecule has 1 amide bonds. The molecule has 0 atom stereocenters. The fraction of sp³-hybridized carbons (Fsp3) is 0.269. The van der Waals surface area contributed by atoms with Gasteiger partial charge in [-0.15, -0.1) is 0 Å². The lowest BCUT2D eigenvalue weighted by Gasteiger charge is -2.20. The molecule has 0 bridgehead atoms. The molecule has 0 aliphatic carbocycles. The zero-order chi connectivity index (χ0) is 29.2. The second kappa shape index (κ2) is 11.0. The number of halogens is 8. The lowest BCUT2D eigenvalue weighted by Crippen LogP contribution is -2.25. The first-order chi connectivity index (χ1) is 18.0. The van der Waals surface area contributed by atoms with Crippen LogP contribution in [0.3, 0.4) is 0 Å². The van der Waals surface area contributed by atoms with Crippen molar-refractivity contribution in [2.75, 3.05) is 0 Å². The van der Waals surface area contributed by atoms with Gasteiger partial charge in [-0.05, 0) is 60.9 Å². The number of rotatable bonds is 8. The lowest BCUT2D eigenvalue weighted by molar-refractivity contribution is -0.138. The van der Waals surface area contributed by atoms with Gasteiger partial charge in [-0.1, -0.05) is 18.2 Å². The third kappa shape index (κ3) is 7.52. The Hall–Kier alpha value is -4.03. The number of hydrogen-bond donors (Lipinski definition) is 2. The van der Waals surface area contributed by atoms with Crippen LogP contribution in [0.2, 0.25) is 0 Å². The Balaban J connectivity index is 1.78. The molecule has 0 aliphatic heterocycles. The highest BCUT2D eigenvalue weighted by molar-refractivity contribution is 5.92. The highest BCUT2D eigenvalue weighted by atomic mass is 19.4. The minimum atomic E-state index is -4.98. The number of carboxylic acids is 1. The van der Waals surface area contributed by atoms with Crippen LogP contribution >= 0.6 is 0 Å². The van der Waals surface area contributed by atoms with Gasteiger partial charge in [0, 0.05) is 24.2 Å². The van der Waals surface area contributed by atoms with E-state index in [-0.39, 0.29) is 17.8 Å². The minimum Gasteiger partial charge on any atom is -0.478 e. The molecule has 3 aromatic rings. The number of nitrogens with zero attached hydrogens (tertiary/aromatic N) is 1. The molecule has 0 unspecified atom stereocenters. The highest BCUT2D eigenvalue weighted by Gasteiger charge is 2.37. The number of benzene rings is 2. The van der Waals surface area contributed by atoms with E-state index in [1.165, 1.54) is 13.0 Å². The minimum absolute atomic E-state index is 0.00168. The van der Waals surface area contributed by atoms with E-state index in [4.69, 9.17) is 5.11 Å². The Morgan fingerprint density at radius 1 is 0.872 bits per heavy atom. The van der Waals surface area contributed by atoms with Gasteiger partial charge < -0.3 is 10.4 Å². The zero-order valence-electron chi connectivity index (χ0n) is 20.1. The number of aromatic nitrogens is 1. The van der Waals surface area contributed by atoms with Crippen molar-refractivity contribution in [1.82, 2.24) is 10.3 Å². The molecule has 2 aromatic carbocycles. The van der Waals surface area contributed by atoms with Crippen molar-refractivity contribution >= 4 is 11.9 Å². The number of carbonyl (C=O) groups excluding carboxylic acids is 1. The normalized spacial score (nSPS) is 12.3. The average Bonchev–Trinajstić information content (AvgIpc) is 2.84. The topological polar surface area (TPSA) is 79.3 Å². The van der Waals surface area contributed by atoms with Gasteiger partial charge in [0.05, 0.1) is 16.7 Å². The maximum absolute atomic E-state index is 15.1. The SMILES string of the molecule is Cc1cc(C(F)(F)CCc2ccc(C(=O)O)cc2C(F)(F)F)cc(C(=O)NCc2cccc(C(F)(F)F)c2)n1. The van der Waals surface area contributed by atoms with Crippen molar-refractivity contribution in [2.24, 2.45) is 0 Å². The van der Waals surface area contributed by atoms with Crippen molar-refractivity contribution in [3.8, 4) is 0 Å². The largest absolute Gasteiger partial charge is 0.478 e. The van der Waals surface area contributed by atoms with Crippen LogP contribution < -0.4 is 5.32 Å². The quantitative estimate of drug-likeness (QED) is 0.298. The van der Waals surface area contributed by atoms with Crippen LogP contribution in [0.1, 0.15) is 60.8 Å². The number of nitrogens with one attached hydrogen (secondary N) is 1. The Morgan fingerprint density at radius 2 is 1.56 bits per heavy atom. The lowest BCUT2D eigenvalue weighted by atomic mass is 9.95. The molecule has 0 saturated carbocycles. The molecule has 5 nitrogen and oxygen atoms in total. The number of carbonyl (C=O) groups is 2. The summed E-state index contributed by atoms with van der Waals surface area (Å²) >= 11 is 0. The summed E-state index contributed by atoms with van der Waals surface area (Å²) in [6, 6.07) is 7.95. The Labute approximate surface area is 216 Å². The number of aromatic carboxylic acids is 1. The van der Waals surface area contributed by atoms with Crippen molar-refractivity contribution in [1.29, 1.82) is 0 Å². The predicted octanol–water partition coefficient (Wildman–Crippen LogP) is 6.78. The summed E-state index contributed by atoms with van der Waals surface area (Å²) in [5.74, 6) is -6.27. The van der Waals surface area contributed by atoms with Crippen LogP contribution in [0.4, 0.5) is 35.1 Å². The van der Waals surface area contributed by atoms with E-state index in [9.17, 15) is 35.9 Å². The molecular weight excluding hydrogens is 540 g/mol. The highest BCUT2D eigenvalue weighted by Crippen LogP contribution is 2.37. The molecule has 208 valence electrons. The van der Waals surface area contributed by atoms with E-state index < -0.39 is 76.5 Å². The maximum Gasteiger partial charge on any atom is 0.416 e. The summed E-state index contributed by atoms with van der Waals surface area (Å²) in [6.45, 7) is 0.964. The second-order valence-electron chi connectivity index (χ2n) is 8.64. The van der Waals surface area contributed by atoms with Gasteiger partial charge in [0.2, 0.25) is 0 Å². The first-order valence-corrected chi connectivity index (χ1v) is 11.2. The monoisotopic (exact) mass is 560 g/mol. The van der Waals surface area contributed by atoms with Crippen molar-refractivity contribution < 1.29 is 49.8 Å². The second-order valence-corrected chi connectivity index (χ2v) is 8.64. The van der Waals surface area contributed by atoms with Gasteiger partial charge in [-0.3, -0.25) is 4.79 Å². The molecular formula is C26H20F8N2O3. The number of carboxylic acid groups (broad SMARTS) is 1. The molecule has 1 aromatic heterocycles. The molecule has 13 heteroatoms. The van der Waals surface area contributed by atoms with Gasteiger partial charge in [0.15, 0.2) is 0 Å². The molecule has 0 fully saturated rings. The molecule has 1 heterocycles. The number of aryl methyl sites for hydroxylation is 2. The number of amides is 1. The smallest absolute Gasteiger partial charge is 0.416 e. The molecule has 3 rings (SSSR count). The van der Waals surface area contributed by atoms with Gasteiger partial charge in [-0.25, -0.2) is 18.6 Å². The third-order valence-corrected chi connectivity index (χ3v) is 5.69. The van der Waals surface area contributed by atoms with Crippen LogP contribution in [-0.4, -0.2) is 22.0 Å². The standard InChI is InChI=1S/C26H20F8N2O3/c1-14-9-19(12-21(36-14)22(37)35-13-15-3-2-4-18(10-15)25(29,30)31)24(27,28)8-7-16-5-6-17(23(38)39)11-20(16)26(32,33)34/h2-6,9-12H,7-8,13H2,1H3,(H,35,37)(H,38,39). The van der Waals surface area contributed by atoms with Crippen molar-refractivity contribution in [2.45, 2.75) is 44.6 Å². The van der Waals surface area contributed by atoms with Crippen LogP contribution in [0.5, 0.6) is 0 Å². The van der Waals surface area contributed by atoms with E-state index >= 15 is 8.78 Å². The number of alkyl halides is 8. The Kier molecular flexibility index (Phi) is 8.32. The first-order valence-electron chi connectivity index (χ1n) is 11.2. The third-order valence-electron chi connectivity index (χ3n) is 5.69. The number of pyridine rings is 1. The molecule has 0 radical (unpaired) electrons. The summed E-state index contributed by atoms with van der Waals surface area (Å²) in [6.07, 6.45) is -11.4. The average molecular weight is 560 g/mol. The maximum atomic E-state index is 15.1. The Bertz CT molecular complexity index is 1380. The van der Waals surface area contributed by atoms with Crippen LogP contribution in [-0.2, 0) is 31.2 Å². The van der Waals surface area contributed by atoms with E-state index in [1.807, 2.05) is 0 Å². The summed E-state index contributed by atoms with van der Waals surface area (Å²) in [4.78, 5) is 27.4. The summed E-state index contributed by atoms with van der Waals surface area (Å²) in [5, 5.41) is 11.3. The molecule has 0 aliphatic rings. The van der Waals surface area contributed by atoms with Crippen molar-refractivity contribution in [3.05, 3.63) is 99.4 Å². The molecule has 2 N–H and O–H groups in total. The predicted molar refractivity (Wildman–Crippen MR) is 122 cm³/mol. The van der Waals surface area contributed by atoms with E-state index in [0.717, 1.165) is 42.5 Å². The summed E-state index contributed by atoms with van der Waals surface area (Å²) < 4.78 is 109. The zero-order valence-corrected chi connectivity index (χ0v) is 20.1. The van der Waals surface area contributed by atoms with Gasteiger partial charge in [0.25, 0.3) is 11.8 Å². The van der Waals surface area contributed by atoms with Crippen LogP contribution in [0.25, 0.3) is 0 Å². The molecule has 0 spiro atoms. The van der Waals surface area contributed by atoms with Gasteiger partial charge >= 0.3 is 18.3 Å². The Morgan fingerprint density at radius 3 is 2.18 bits per heavy atom. The fourth-order valence-corrected chi connectivity index (χ4v) is 3.75. The van der Waals surface area contributed by atoms with Gasteiger partial charge in [-0.2, -0.15) is 26.3 Å². The van der Waals surface area contributed by atoms with Gasteiger partial charge in [0.1, 0.15) is 5.69 Å². The summed E-state index contributed by atoms with van der Waals surface area (Å²) in [7, 11) is 0. The molecule has 0 saturated heterocycles. The molecule has 39 heavy (non-hydrogen) atoms. The first kappa shape index (κ1) is 29.5. The van der Waals surface area contributed by atoms with E-state index in [0.29, 0.717) is 6.07 Å². The number of hydrogen-bond acceptors (Lipinski definition) is 3. The van der Waals surface area contributed by atoms with Crippen molar-refractivity contribution in [3.63, 3.8) is 0 Å².